The lowest BCUT2D eigenvalue weighted by Crippen LogP contribution is -1.97. The molecule has 0 radical (unpaired) electrons. The molecule has 0 aliphatic carbocycles. The van der Waals surface area contributed by atoms with Crippen LogP contribution in [0.2, 0.25) is 0 Å². The molecule has 0 saturated heterocycles. The molecule has 0 aliphatic rings. The molecule has 0 aliphatic heterocycles. The molecule has 2 aromatic rings. The fourth-order valence-corrected chi connectivity index (χ4v) is 3.02. The lowest BCUT2D eigenvalue weighted by atomic mass is 9.99. The summed E-state index contributed by atoms with van der Waals surface area (Å²) in [6.45, 7) is 6.36. The van der Waals surface area contributed by atoms with Crippen LogP contribution in [0.5, 0.6) is 5.75 Å². The second kappa shape index (κ2) is 3.94. The van der Waals surface area contributed by atoms with Gasteiger partial charge in [-0.2, -0.15) is 0 Å². The van der Waals surface area contributed by atoms with Gasteiger partial charge in [0.15, 0.2) is 5.13 Å². The lowest BCUT2D eigenvalue weighted by molar-refractivity contribution is 0.405. The van der Waals surface area contributed by atoms with Gasteiger partial charge in [0.05, 0.1) is 17.3 Å². The highest BCUT2D eigenvalue weighted by Crippen LogP contribution is 2.39. The summed E-state index contributed by atoms with van der Waals surface area (Å²) in [4.78, 5) is 4.33. The van der Waals surface area contributed by atoms with E-state index in [4.69, 9.17) is 10.5 Å². The molecule has 0 fully saturated rings. The van der Waals surface area contributed by atoms with E-state index < -0.39 is 0 Å². The lowest BCUT2D eigenvalue weighted by Gasteiger charge is -2.14. The van der Waals surface area contributed by atoms with Crippen LogP contribution < -0.4 is 10.5 Å². The number of thiazole rings is 1. The molecule has 2 rings (SSSR count). The summed E-state index contributed by atoms with van der Waals surface area (Å²) in [5, 5.41) is 0.615. The Hall–Kier alpha value is -1.29. The number of hydrogen-bond acceptors (Lipinski definition) is 4. The van der Waals surface area contributed by atoms with Crippen molar-refractivity contribution in [1.29, 1.82) is 0 Å². The first kappa shape index (κ1) is 11.2. The molecule has 1 aromatic carbocycles. The van der Waals surface area contributed by atoms with Gasteiger partial charge in [-0.05, 0) is 24.5 Å². The second-order valence-corrected chi connectivity index (χ2v) is 5.23. The van der Waals surface area contributed by atoms with E-state index in [1.54, 1.807) is 7.11 Å². The Bertz CT molecular complexity index is 531. The monoisotopic (exact) mass is 236 g/mol. The van der Waals surface area contributed by atoms with Crippen LogP contribution in [0.1, 0.15) is 30.9 Å². The number of anilines is 1. The van der Waals surface area contributed by atoms with Crippen LogP contribution in [0.4, 0.5) is 5.13 Å². The summed E-state index contributed by atoms with van der Waals surface area (Å²) in [5.74, 6) is 1.36. The number of nitrogens with two attached hydrogens (primary N) is 1. The van der Waals surface area contributed by atoms with E-state index in [1.807, 2.05) is 13.0 Å². The predicted molar refractivity (Wildman–Crippen MR) is 69.4 cm³/mol. The molecule has 0 amide bonds. The quantitative estimate of drug-likeness (QED) is 0.870. The third-order valence-corrected chi connectivity index (χ3v) is 3.59. The Morgan fingerprint density at radius 2 is 2.12 bits per heavy atom. The third-order valence-electron chi connectivity index (χ3n) is 2.65. The van der Waals surface area contributed by atoms with Gasteiger partial charge < -0.3 is 10.5 Å². The van der Waals surface area contributed by atoms with Gasteiger partial charge in [0.2, 0.25) is 0 Å². The van der Waals surface area contributed by atoms with Gasteiger partial charge >= 0.3 is 0 Å². The summed E-state index contributed by atoms with van der Waals surface area (Å²) in [6.07, 6.45) is 0. The van der Waals surface area contributed by atoms with Gasteiger partial charge in [0.25, 0.3) is 0 Å². The molecule has 0 saturated carbocycles. The number of nitrogen functional groups attached to an aromatic ring is 1. The van der Waals surface area contributed by atoms with E-state index in [0.29, 0.717) is 11.0 Å². The Balaban J connectivity index is 2.86. The van der Waals surface area contributed by atoms with Crippen LogP contribution in [-0.4, -0.2) is 12.1 Å². The molecule has 1 heterocycles. The fraction of sp³-hybridized carbons (Fsp3) is 0.417. The highest BCUT2D eigenvalue weighted by molar-refractivity contribution is 7.22. The van der Waals surface area contributed by atoms with Crippen molar-refractivity contribution in [2.45, 2.75) is 26.7 Å². The second-order valence-electron chi connectivity index (χ2n) is 4.20. The minimum absolute atomic E-state index is 0.400. The van der Waals surface area contributed by atoms with E-state index >= 15 is 0 Å². The topological polar surface area (TPSA) is 48.1 Å². The van der Waals surface area contributed by atoms with Crippen molar-refractivity contribution in [2.75, 3.05) is 12.8 Å². The number of aryl methyl sites for hydroxylation is 1. The van der Waals surface area contributed by atoms with Gasteiger partial charge in [-0.1, -0.05) is 25.2 Å². The normalized spacial score (nSPS) is 11.3. The highest BCUT2D eigenvalue weighted by atomic mass is 32.1. The van der Waals surface area contributed by atoms with Crippen molar-refractivity contribution < 1.29 is 4.74 Å². The molecular weight excluding hydrogens is 220 g/mol. The van der Waals surface area contributed by atoms with Crippen LogP contribution in [0.15, 0.2) is 6.07 Å². The third kappa shape index (κ3) is 1.63. The van der Waals surface area contributed by atoms with Gasteiger partial charge in [-0.15, -0.1) is 0 Å². The summed E-state index contributed by atoms with van der Waals surface area (Å²) in [5.41, 5.74) is 9.07. The minimum Gasteiger partial charge on any atom is -0.496 e. The Kier molecular flexibility index (Phi) is 2.76. The maximum absolute atomic E-state index is 5.77. The molecule has 0 spiro atoms. The molecule has 1 aromatic heterocycles. The number of rotatable bonds is 2. The summed E-state index contributed by atoms with van der Waals surface area (Å²) >= 11 is 1.53. The standard InChI is InChI=1S/C12H16N2OS/c1-6(2)9-10(15-4)7(3)5-8-11(9)16-12(13)14-8/h5-6H,1-4H3,(H2,13,14). The zero-order valence-electron chi connectivity index (χ0n) is 10.00. The maximum atomic E-state index is 5.77. The molecule has 0 unspecified atom stereocenters. The first-order valence-corrected chi connectivity index (χ1v) is 6.09. The number of nitrogens with zero attached hydrogens (tertiary/aromatic N) is 1. The molecule has 3 nitrogen and oxygen atoms in total. The van der Waals surface area contributed by atoms with E-state index in [1.165, 1.54) is 16.9 Å². The summed E-state index contributed by atoms with van der Waals surface area (Å²) in [6, 6.07) is 2.03. The van der Waals surface area contributed by atoms with Crippen LogP contribution in [0.25, 0.3) is 10.2 Å². The highest BCUT2D eigenvalue weighted by Gasteiger charge is 2.17. The Labute approximate surface area is 99.3 Å². The molecule has 2 N–H and O–H groups in total. The molecular formula is C12H16N2OS. The van der Waals surface area contributed by atoms with E-state index in [2.05, 4.69) is 18.8 Å². The Morgan fingerprint density at radius 1 is 1.44 bits per heavy atom. The number of methoxy groups -OCH3 is 1. The molecule has 4 heteroatoms. The summed E-state index contributed by atoms with van der Waals surface area (Å²) in [7, 11) is 1.71. The maximum Gasteiger partial charge on any atom is 0.181 e. The van der Waals surface area contributed by atoms with E-state index in [0.717, 1.165) is 21.5 Å². The van der Waals surface area contributed by atoms with E-state index in [-0.39, 0.29) is 0 Å². The number of hydrogen-bond donors (Lipinski definition) is 1. The van der Waals surface area contributed by atoms with Crippen LogP contribution in [0.3, 0.4) is 0 Å². The number of fused-ring (bicyclic) bond motifs is 1. The van der Waals surface area contributed by atoms with Crippen molar-refractivity contribution in [3.05, 3.63) is 17.2 Å². The minimum atomic E-state index is 0.400. The molecule has 0 atom stereocenters. The predicted octanol–water partition coefficient (Wildman–Crippen LogP) is 3.32. The average Bonchev–Trinajstić information content (AvgIpc) is 2.55. The van der Waals surface area contributed by atoms with Gasteiger partial charge in [0, 0.05) is 5.56 Å². The number of ether oxygens (including phenoxy) is 1. The summed E-state index contributed by atoms with van der Waals surface area (Å²) < 4.78 is 6.64. The zero-order valence-corrected chi connectivity index (χ0v) is 10.8. The Morgan fingerprint density at radius 3 is 2.69 bits per heavy atom. The molecule has 16 heavy (non-hydrogen) atoms. The SMILES string of the molecule is COc1c(C)cc2nc(N)sc2c1C(C)C. The first-order chi connectivity index (χ1) is 7.54. The molecule has 86 valence electrons. The number of aromatic nitrogens is 1. The van der Waals surface area contributed by atoms with Crippen molar-refractivity contribution in [3.8, 4) is 5.75 Å². The fourth-order valence-electron chi connectivity index (χ4n) is 2.02. The van der Waals surface area contributed by atoms with Gasteiger partial charge in [0.1, 0.15) is 5.75 Å². The first-order valence-electron chi connectivity index (χ1n) is 5.28. The van der Waals surface area contributed by atoms with Crippen molar-refractivity contribution in [1.82, 2.24) is 4.98 Å². The van der Waals surface area contributed by atoms with E-state index in [9.17, 15) is 0 Å². The van der Waals surface area contributed by atoms with Gasteiger partial charge in [-0.3, -0.25) is 0 Å². The van der Waals surface area contributed by atoms with Gasteiger partial charge in [-0.25, -0.2) is 4.98 Å². The van der Waals surface area contributed by atoms with Crippen molar-refractivity contribution in [3.63, 3.8) is 0 Å². The largest absolute Gasteiger partial charge is 0.496 e. The zero-order chi connectivity index (χ0) is 11.9. The van der Waals surface area contributed by atoms with Crippen molar-refractivity contribution in [2.24, 2.45) is 0 Å². The molecule has 0 bridgehead atoms. The van der Waals surface area contributed by atoms with Crippen molar-refractivity contribution >= 4 is 26.7 Å². The smallest absolute Gasteiger partial charge is 0.181 e. The van der Waals surface area contributed by atoms with Crippen LogP contribution in [-0.2, 0) is 0 Å². The number of benzene rings is 1. The average molecular weight is 236 g/mol. The van der Waals surface area contributed by atoms with Crippen LogP contribution >= 0.6 is 11.3 Å². The van der Waals surface area contributed by atoms with Crippen LogP contribution in [0, 0.1) is 6.92 Å².